The predicted octanol–water partition coefficient (Wildman–Crippen LogP) is 1.34. The van der Waals surface area contributed by atoms with Crippen LogP contribution < -0.4 is 4.90 Å². The molecule has 3 atom stereocenters. The third-order valence-corrected chi connectivity index (χ3v) is 6.87. The first kappa shape index (κ1) is 22.0. The number of hydrogen-bond acceptors (Lipinski definition) is 6. The van der Waals surface area contributed by atoms with Crippen molar-refractivity contribution < 1.29 is 9.59 Å². The minimum absolute atomic E-state index is 0.00191. The molecule has 3 aliphatic rings. The first-order chi connectivity index (χ1) is 15.0. The molecule has 1 aromatic rings. The van der Waals surface area contributed by atoms with Crippen LogP contribution in [0.5, 0.6) is 0 Å². The quantitative estimate of drug-likeness (QED) is 0.721. The Morgan fingerprint density at radius 3 is 2.29 bits per heavy atom. The van der Waals surface area contributed by atoms with Crippen LogP contribution in [-0.4, -0.2) is 95.4 Å². The topological polar surface area (TPSA) is 72.9 Å². The highest BCUT2D eigenvalue weighted by Gasteiger charge is 2.33. The van der Waals surface area contributed by atoms with Crippen molar-refractivity contribution in [3.05, 3.63) is 18.5 Å². The van der Waals surface area contributed by atoms with Gasteiger partial charge in [-0.25, -0.2) is 9.97 Å². The normalized spacial score (nSPS) is 27.9. The average molecular weight is 429 g/mol. The summed E-state index contributed by atoms with van der Waals surface area (Å²) in [5.41, 5.74) is 0. The summed E-state index contributed by atoms with van der Waals surface area (Å²) in [6.07, 6.45) is 6.61. The third-order valence-electron chi connectivity index (χ3n) is 6.87. The molecule has 0 radical (unpaired) electrons. The van der Waals surface area contributed by atoms with E-state index < -0.39 is 0 Å². The maximum Gasteiger partial charge on any atom is 0.236 e. The Bertz CT molecular complexity index is 742. The van der Waals surface area contributed by atoms with Crippen molar-refractivity contribution in [3.63, 3.8) is 0 Å². The highest BCUT2D eigenvalue weighted by molar-refractivity contribution is 5.80. The predicted molar refractivity (Wildman–Crippen MR) is 120 cm³/mol. The lowest BCUT2D eigenvalue weighted by Crippen LogP contribution is -2.55. The molecule has 8 nitrogen and oxygen atoms in total. The summed E-state index contributed by atoms with van der Waals surface area (Å²) in [5, 5.41) is 0. The van der Waals surface area contributed by atoms with Gasteiger partial charge in [0.1, 0.15) is 0 Å². The van der Waals surface area contributed by atoms with Crippen LogP contribution in [0.15, 0.2) is 18.5 Å². The molecule has 0 bridgehead atoms. The third kappa shape index (κ3) is 5.53. The number of piperidine rings is 2. The maximum atomic E-state index is 13.1. The molecule has 8 heteroatoms. The molecule has 1 aromatic heterocycles. The molecule has 0 N–H and O–H groups in total. The first-order valence-corrected chi connectivity index (χ1v) is 11.8. The number of amides is 2. The Kier molecular flexibility index (Phi) is 7.05. The zero-order valence-corrected chi connectivity index (χ0v) is 18.9. The number of piperazine rings is 1. The summed E-state index contributed by atoms with van der Waals surface area (Å²) in [6, 6.07) is 1.81. The molecular formula is C23H36N6O2. The van der Waals surface area contributed by atoms with E-state index in [-0.39, 0.29) is 17.7 Å². The summed E-state index contributed by atoms with van der Waals surface area (Å²) in [6.45, 7) is 11.2. The van der Waals surface area contributed by atoms with Crippen molar-refractivity contribution in [1.29, 1.82) is 0 Å². The van der Waals surface area contributed by atoms with Crippen LogP contribution >= 0.6 is 0 Å². The number of anilines is 1. The molecule has 0 saturated carbocycles. The van der Waals surface area contributed by atoms with Gasteiger partial charge in [0.25, 0.3) is 0 Å². The molecule has 3 aliphatic heterocycles. The molecule has 2 amide bonds. The maximum absolute atomic E-state index is 13.1. The molecule has 170 valence electrons. The lowest BCUT2D eigenvalue weighted by molar-refractivity contribution is -0.139. The van der Waals surface area contributed by atoms with E-state index >= 15 is 0 Å². The minimum atomic E-state index is 0.00191. The second-order valence-corrected chi connectivity index (χ2v) is 9.68. The number of likely N-dealkylation sites (tertiary alicyclic amines) is 1. The summed E-state index contributed by atoms with van der Waals surface area (Å²) in [7, 11) is 0. The van der Waals surface area contributed by atoms with E-state index in [9.17, 15) is 9.59 Å². The summed E-state index contributed by atoms with van der Waals surface area (Å²) < 4.78 is 0. The standard InChI is InChI=1S/C23H36N6O2/c1-18-13-19(2)15-29(14-18)21(30)17-26-9-11-27(12-10-26)22(31)20-5-3-8-28(16-20)23-24-6-4-7-25-23/h4,6-7,18-20H,3,5,8-17H2,1-2H3/t18-,19+,20-/m0/s1. The highest BCUT2D eigenvalue weighted by atomic mass is 16.2. The van der Waals surface area contributed by atoms with Crippen molar-refractivity contribution in [1.82, 2.24) is 24.7 Å². The molecular weight excluding hydrogens is 392 g/mol. The fraction of sp³-hybridized carbons (Fsp3) is 0.739. The Balaban J connectivity index is 1.24. The van der Waals surface area contributed by atoms with Gasteiger partial charge >= 0.3 is 0 Å². The molecule has 4 rings (SSSR count). The van der Waals surface area contributed by atoms with Gasteiger partial charge in [-0.3, -0.25) is 14.5 Å². The van der Waals surface area contributed by atoms with Crippen molar-refractivity contribution in [2.24, 2.45) is 17.8 Å². The van der Waals surface area contributed by atoms with Crippen molar-refractivity contribution in [2.45, 2.75) is 33.1 Å². The molecule has 4 heterocycles. The van der Waals surface area contributed by atoms with E-state index in [1.165, 1.54) is 6.42 Å². The fourth-order valence-electron chi connectivity index (χ4n) is 5.36. The SMILES string of the molecule is C[C@@H]1C[C@H](C)CN(C(=O)CN2CCN(C(=O)[C@H]3CCCN(c4ncccn4)C3)CC2)C1. The Hall–Kier alpha value is -2.22. The van der Waals surface area contributed by atoms with Crippen LogP contribution in [-0.2, 0) is 9.59 Å². The average Bonchev–Trinajstić information content (AvgIpc) is 2.79. The van der Waals surface area contributed by atoms with Crippen molar-refractivity contribution in [2.75, 3.05) is 63.8 Å². The summed E-state index contributed by atoms with van der Waals surface area (Å²) in [5.74, 6) is 2.36. The van der Waals surface area contributed by atoms with E-state index in [1.807, 2.05) is 15.9 Å². The number of hydrogen-bond donors (Lipinski definition) is 0. The van der Waals surface area contributed by atoms with Crippen LogP contribution in [0.3, 0.4) is 0 Å². The number of carbonyl (C=O) groups excluding carboxylic acids is 2. The molecule has 0 spiro atoms. The van der Waals surface area contributed by atoms with Gasteiger partial charge in [0.05, 0.1) is 12.5 Å². The molecule has 0 unspecified atom stereocenters. The fourth-order valence-corrected chi connectivity index (χ4v) is 5.36. The second-order valence-electron chi connectivity index (χ2n) is 9.68. The minimum Gasteiger partial charge on any atom is -0.341 e. The molecule has 0 aromatic carbocycles. The highest BCUT2D eigenvalue weighted by Crippen LogP contribution is 2.23. The van der Waals surface area contributed by atoms with Crippen molar-refractivity contribution >= 4 is 17.8 Å². The monoisotopic (exact) mass is 428 g/mol. The van der Waals surface area contributed by atoms with Crippen LogP contribution in [0.25, 0.3) is 0 Å². The number of carbonyl (C=O) groups is 2. The second kappa shape index (κ2) is 9.94. The van der Waals surface area contributed by atoms with Crippen LogP contribution in [0, 0.1) is 17.8 Å². The van der Waals surface area contributed by atoms with E-state index in [1.54, 1.807) is 12.4 Å². The van der Waals surface area contributed by atoms with E-state index in [0.29, 0.717) is 44.0 Å². The summed E-state index contributed by atoms with van der Waals surface area (Å²) in [4.78, 5) is 43.0. The van der Waals surface area contributed by atoms with Crippen LogP contribution in [0.2, 0.25) is 0 Å². The molecule has 31 heavy (non-hydrogen) atoms. The Labute approximate surface area is 185 Å². The largest absolute Gasteiger partial charge is 0.341 e. The van der Waals surface area contributed by atoms with Gasteiger partial charge in [-0.1, -0.05) is 13.8 Å². The molecule has 3 fully saturated rings. The van der Waals surface area contributed by atoms with E-state index in [4.69, 9.17) is 0 Å². The zero-order valence-electron chi connectivity index (χ0n) is 18.9. The van der Waals surface area contributed by atoms with Gasteiger partial charge in [0, 0.05) is 64.8 Å². The smallest absolute Gasteiger partial charge is 0.236 e. The van der Waals surface area contributed by atoms with Crippen LogP contribution in [0.4, 0.5) is 5.95 Å². The zero-order chi connectivity index (χ0) is 21.8. The van der Waals surface area contributed by atoms with Gasteiger partial charge in [0.15, 0.2) is 0 Å². The number of nitrogens with zero attached hydrogens (tertiary/aromatic N) is 6. The molecule has 0 aliphatic carbocycles. The van der Waals surface area contributed by atoms with Crippen LogP contribution in [0.1, 0.15) is 33.1 Å². The van der Waals surface area contributed by atoms with Gasteiger partial charge in [-0.2, -0.15) is 0 Å². The Morgan fingerprint density at radius 1 is 0.935 bits per heavy atom. The van der Waals surface area contributed by atoms with Crippen molar-refractivity contribution in [3.8, 4) is 0 Å². The van der Waals surface area contributed by atoms with Gasteiger partial charge in [-0.15, -0.1) is 0 Å². The lowest BCUT2D eigenvalue weighted by atomic mass is 9.92. The first-order valence-electron chi connectivity index (χ1n) is 11.8. The Morgan fingerprint density at radius 2 is 1.61 bits per heavy atom. The lowest BCUT2D eigenvalue weighted by Gasteiger charge is -2.40. The summed E-state index contributed by atoms with van der Waals surface area (Å²) >= 11 is 0. The number of aromatic nitrogens is 2. The number of rotatable bonds is 4. The van der Waals surface area contributed by atoms with Gasteiger partial charge < -0.3 is 14.7 Å². The van der Waals surface area contributed by atoms with Gasteiger partial charge in [-0.05, 0) is 37.2 Å². The van der Waals surface area contributed by atoms with E-state index in [0.717, 1.165) is 45.6 Å². The van der Waals surface area contributed by atoms with Gasteiger partial charge in [0.2, 0.25) is 17.8 Å². The van der Waals surface area contributed by atoms with E-state index in [2.05, 4.69) is 33.6 Å². The molecule has 3 saturated heterocycles.